The highest BCUT2D eigenvalue weighted by Gasteiger charge is 2.12. The summed E-state index contributed by atoms with van der Waals surface area (Å²) in [7, 11) is 2.69. The number of nitrogen functional groups attached to an aromatic ring is 1. The largest absolute Gasteiger partial charge is 0.369 e. The normalized spacial score (nSPS) is 10.9. The molecule has 0 aliphatic heterocycles. The van der Waals surface area contributed by atoms with Crippen LogP contribution in [-0.2, 0) is 14.1 Å². The third-order valence-electron chi connectivity index (χ3n) is 2.34. The minimum Gasteiger partial charge on any atom is -0.369 e. The summed E-state index contributed by atoms with van der Waals surface area (Å²) >= 11 is 0. The summed E-state index contributed by atoms with van der Waals surface area (Å²) in [6, 6.07) is 0. The number of nitrogens with zero attached hydrogens (tertiary/aromatic N) is 3. The average molecular weight is 223 g/mol. The molecule has 3 N–H and O–H groups in total. The first-order valence-electron chi connectivity index (χ1n) is 4.39. The summed E-state index contributed by atoms with van der Waals surface area (Å²) in [4.78, 5) is 40.6. The molecular formula is C8H9N5O3. The number of H-pyrrole nitrogens is 1. The number of anilines is 1. The predicted molar refractivity (Wildman–Crippen MR) is 57.3 cm³/mol. The van der Waals surface area contributed by atoms with E-state index in [4.69, 9.17) is 5.73 Å². The Kier molecular flexibility index (Phi) is 1.94. The van der Waals surface area contributed by atoms with Gasteiger partial charge in [-0.05, 0) is 0 Å². The Balaban J connectivity index is 3.29. The van der Waals surface area contributed by atoms with Crippen LogP contribution in [-0.4, -0.2) is 19.1 Å². The SMILES string of the molecule is Cn1c(=O)c(=O)n(C)c2c(=O)[nH]c(N)nc21. The van der Waals surface area contributed by atoms with Crippen molar-refractivity contribution < 1.29 is 0 Å². The number of nitrogens with one attached hydrogen (secondary N) is 1. The molecule has 2 aromatic heterocycles. The van der Waals surface area contributed by atoms with Crippen LogP contribution in [0.4, 0.5) is 5.95 Å². The Bertz CT molecular complexity index is 751. The molecule has 16 heavy (non-hydrogen) atoms. The topological polar surface area (TPSA) is 116 Å². The number of fused-ring (bicyclic) bond motifs is 1. The first-order valence-corrected chi connectivity index (χ1v) is 4.39. The molecule has 2 aromatic rings. The molecule has 0 fully saturated rings. The second kappa shape index (κ2) is 3.05. The van der Waals surface area contributed by atoms with Gasteiger partial charge in [-0.25, -0.2) is 0 Å². The molecule has 0 radical (unpaired) electrons. The summed E-state index contributed by atoms with van der Waals surface area (Å²) in [5.41, 5.74) is 3.35. The van der Waals surface area contributed by atoms with Gasteiger partial charge in [0.25, 0.3) is 5.56 Å². The van der Waals surface area contributed by atoms with Crippen LogP contribution in [0.25, 0.3) is 11.2 Å². The highest BCUT2D eigenvalue weighted by molar-refractivity contribution is 5.70. The van der Waals surface area contributed by atoms with Gasteiger partial charge in [0.15, 0.2) is 11.2 Å². The molecule has 0 amide bonds. The Labute approximate surface area is 88.0 Å². The van der Waals surface area contributed by atoms with Crippen LogP contribution < -0.4 is 22.4 Å². The van der Waals surface area contributed by atoms with Crippen molar-refractivity contribution in [2.75, 3.05) is 5.73 Å². The van der Waals surface area contributed by atoms with Crippen molar-refractivity contribution in [3.63, 3.8) is 0 Å². The van der Waals surface area contributed by atoms with E-state index in [-0.39, 0.29) is 17.1 Å². The molecule has 0 aromatic carbocycles. The van der Waals surface area contributed by atoms with Crippen molar-refractivity contribution in [2.45, 2.75) is 0 Å². The second-order valence-electron chi connectivity index (χ2n) is 3.35. The molecule has 8 heteroatoms. The third-order valence-corrected chi connectivity index (χ3v) is 2.34. The summed E-state index contributed by atoms with van der Waals surface area (Å²) in [5, 5.41) is 0. The van der Waals surface area contributed by atoms with E-state index in [9.17, 15) is 14.4 Å². The Hall–Kier alpha value is -2.38. The minimum absolute atomic E-state index is 0.0151. The molecule has 2 rings (SSSR count). The van der Waals surface area contributed by atoms with Gasteiger partial charge in [-0.1, -0.05) is 0 Å². The number of aryl methyl sites for hydroxylation is 2. The Morgan fingerprint density at radius 3 is 2.31 bits per heavy atom. The van der Waals surface area contributed by atoms with E-state index in [1.807, 2.05) is 0 Å². The summed E-state index contributed by atoms with van der Waals surface area (Å²) in [6.07, 6.45) is 0. The van der Waals surface area contributed by atoms with Crippen LogP contribution in [0, 0.1) is 0 Å². The average Bonchev–Trinajstić information content (AvgIpc) is 2.22. The van der Waals surface area contributed by atoms with Gasteiger partial charge in [0.05, 0.1) is 0 Å². The zero-order valence-electron chi connectivity index (χ0n) is 8.64. The lowest BCUT2D eigenvalue weighted by Gasteiger charge is -2.06. The summed E-state index contributed by atoms with van der Waals surface area (Å²) < 4.78 is 1.96. The van der Waals surface area contributed by atoms with Gasteiger partial charge in [-0.15, -0.1) is 0 Å². The molecular weight excluding hydrogens is 214 g/mol. The monoisotopic (exact) mass is 223 g/mol. The fourth-order valence-corrected chi connectivity index (χ4v) is 1.49. The molecule has 0 unspecified atom stereocenters. The van der Waals surface area contributed by atoms with Gasteiger partial charge in [-0.3, -0.25) is 28.5 Å². The lowest BCUT2D eigenvalue weighted by molar-refractivity contribution is 0.781. The minimum atomic E-state index is -0.785. The Morgan fingerprint density at radius 1 is 1.12 bits per heavy atom. The molecule has 0 aliphatic rings. The van der Waals surface area contributed by atoms with Gasteiger partial charge in [0.2, 0.25) is 5.95 Å². The standard InChI is InChI=1S/C8H9N5O3/c1-12-3-4(10-8(9)11-5(3)14)13(2)7(16)6(12)15/h1-2H3,(H3,9,10,11,14). The van der Waals surface area contributed by atoms with E-state index in [2.05, 4.69) is 9.97 Å². The van der Waals surface area contributed by atoms with Crippen LogP contribution >= 0.6 is 0 Å². The molecule has 2 heterocycles. The molecule has 84 valence electrons. The van der Waals surface area contributed by atoms with Crippen molar-refractivity contribution in [2.24, 2.45) is 14.1 Å². The van der Waals surface area contributed by atoms with Crippen LogP contribution in [0.5, 0.6) is 0 Å². The lowest BCUT2D eigenvalue weighted by Crippen LogP contribution is -2.41. The fourth-order valence-electron chi connectivity index (χ4n) is 1.49. The number of hydrogen-bond acceptors (Lipinski definition) is 5. The van der Waals surface area contributed by atoms with Crippen molar-refractivity contribution in [1.29, 1.82) is 0 Å². The summed E-state index contributed by atoms with van der Waals surface area (Å²) in [5.74, 6) is -0.105. The van der Waals surface area contributed by atoms with E-state index in [0.717, 1.165) is 9.13 Å². The van der Waals surface area contributed by atoms with E-state index in [1.165, 1.54) is 14.1 Å². The van der Waals surface area contributed by atoms with Crippen LogP contribution in [0.2, 0.25) is 0 Å². The van der Waals surface area contributed by atoms with E-state index < -0.39 is 16.7 Å². The van der Waals surface area contributed by atoms with Crippen LogP contribution in [0.15, 0.2) is 14.4 Å². The van der Waals surface area contributed by atoms with Crippen molar-refractivity contribution >= 4 is 17.1 Å². The first kappa shape index (κ1) is 10.1. The number of hydrogen-bond donors (Lipinski definition) is 2. The summed E-state index contributed by atoms with van der Waals surface area (Å²) in [6.45, 7) is 0. The zero-order valence-corrected chi connectivity index (χ0v) is 8.64. The van der Waals surface area contributed by atoms with Gasteiger partial charge < -0.3 is 5.73 Å². The maximum Gasteiger partial charge on any atom is 0.317 e. The third kappa shape index (κ3) is 1.16. The number of rotatable bonds is 0. The quantitative estimate of drug-likeness (QED) is 0.496. The van der Waals surface area contributed by atoms with E-state index in [1.54, 1.807) is 0 Å². The van der Waals surface area contributed by atoms with Crippen LogP contribution in [0.3, 0.4) is 0 Å². The van der Waals surface area contributed by atoms with Gasteiger partial charge >= 0.3 is 11.1 Å². The van der Waals surface area contributed by atoms with Crippen molar-refractivity contribution in [3.05, 3.63) is 31.1 Å². The number of nitrogens with two attached hydrogens (primary N) is 1. The van der Waals surface area contributed by atoms with Gasteiger partial charge in [0, 0.05) is 14.1 Å². The number of aromatic amines is 1. The van der Waals surface area contributed by atoms with Crippen molar-refractivity contribution in [1.82, 2.24) is 19.1 Å². The molecule has 0 atom stereocenters. The van der Waals surface area contributed by atoms with E-state index >= 15 is 0 Å². The maximum absolute atomic E-state index is 11.6. The Morgan fingerprint density at radius 2 is 1.69 bits per heavy atom. The first-order chi connectivity index (χ1) is 7.43. The smallest absolute Gasteiger partial charge is 0.317 e. The zero-order chi connectivity index (χ0) is 12.0. The highest BCUT2D eigenvalue weighted by atomic mass is 16.2. The van der Waals surface area contributed by atoms with E-state index in [0.29, 0.717) is 0 Å². The molecule has 0 bridgehead atoms. The van der Waals surface area contributed by atoms with Gasteiger partial charge in [-0.2, -0.15) is 4.98 Å². The van der Waals surface area contributed by atoms with Crippen LogP contribution in [0.1, 0.15) is 0 Å². The molecule has 0 spiro atoms. The molecule has 0 saturated heterocycles. The highest BCUT2D eigenvalue weighted by Crippen LogP contribution is 2.00. The molecule has 8 nitrogen and oxygen atoms in total. The van der Waals surface area contributed by atoms with Gasteiger partial charge in [0.1, 0.15) is 0 Å². The number of aromatic nitrogens is 4. The molecule has 0 saturated carbocycles. The predicted octanol–water partition coefficient (Wildman–Crippen LogP) is -2.10. The fraction of sp³-hybridized carbons (Fsp3) is 0.250. The maximum atomic E-state index is 11.6. The molecule has 0 aliphatic carbocycles. The van der Waals surface area contributed by atoms with Crippen molar-refractivity contribution in [3.8, 4) is 0 Å². The second-order valence-corrected chi connectivity index (χ2v) is 3.35. The lowest BCUT2D eigenvalue weighted by atomic mass is 10.4.